The van der Waals surface area contributed by atoms with E-state index in [1.165, 1.54) is 19.2 Å². The summed E-state index contributed by atoms with van der Waals surface area (Å²) in [6, 6.07) is 11.3. The highest BCUT2D eigenvalue weighted by molar-refractivity contribution is 6.33. The van der Waals surface area contributed by atoms with Crippen LogP contribution < -0.4 is 4.74 Å². The van der Waals surface area contributed by atoms with Crippen molar-refractivity contribution < 1.29 is 9.13 Å². The minimum absolute atomic E-state index is 0.278. The lowest BCUT2D eigenvalue weighted by atomic mass is 10.0. The molecule has 4 heteroatoms. The number of benzene rings is 2. The molecule has 2 aromatic carbocycles. The van der Waals surface area contributed by atoms with Crippen LogP contribution in [0.3, 0.4) is 0 Å². The lowest BCUT2D eigenvalue weighted by Crippen LogP contribution is -1.92. The van der Waals surface area contributed by atoms with Gasteiger partial charge in [0.25, 0.3) is 0 Å². The average molecular weight is 262 g/mol. The van der Waals surface area contributed by atoms with Gasteiger partial charge in [0.15, 0.2) is 0 Å². The van der Waals surface area contributed by atoms with E-state index >= 15 is 0 Å². The summed E-state index contributed by atoms with van der Waals surface area (Å²) in [5.74, 6) is -0.00782. The predicted octanol–water partition coefficient (Wildman–Crippen LogP) is 4.03. The van der Waals surface area contributed by atoms with E-state index in [-0.39, 0.29) is 5.56 Å². The minimum Gasteiger partial charge on any atom is -0.496 e. The van der Waals surface area contributed by atoms with E-state index in [0.717, 1.165) is 0 Å². The second kappa shape index (κ2) is 5.07. The van der Waals surface area contributed by atoms with Crippen molar-refractivity contribution in [3.63, 3.8) is 0 Å². The maximum absolute atomic E-state index is 13.8. The van der Waals surface area contributed by atoms with Gasteiger partial charge in [0.2, 0.25) is 0 Å². The van der Waals surface area contributed by atoms with Gasteiger partial charge in [0, 0.05) is 11.1 Å². The molecule has 18 heavy (non-hydrogen) atoms. The molecule has 0 amide bonds. The van der Waals surface area contributed by atoms with Gasteiger partial charge in [-0.15, -0.1) is 0 Å². The summed E-state index contributed by atoms with van der Waals surface area (Å²) in [4.78, 5) is 0. The van der Waals surface area contributed by atoms with Crippen molar-refractivity contribution in [2.45, 2.75) is 0 Å². The van der Waals surface area contributed by atoms with Crippen molar-refractivity contribution in [1.29, 1.82) is 5.26 Å². The van der Waals surface area contributed by atoms with Crippen LogP contribution in [-0.2, 0) is 0 Å². The molecule has 0 aliphatic carbocycles. The predicted molar refractivity (Wildman–Crippen MR) is 68.1 cm³/mol. The lowest BCUT2D eigenvalue weighted by Gasteiger charge is -2.11. The zero-order valence-corrected chi connectivity index (χ0v) is 10.3. The van der Waals surface area contributed by atoms with Crippen LogP contribution in [0.5, 0.6) is 5.75 Å². The molecule has 0 atom stereocenters. The molecule has 0 aliphatic rings. The molecule has 0 heterocycles. The van der Waals surface area contributed by atoms with Crippen molar-refractivity contribution in [1.82, 2.24) is 0 Å². The molecule has 0 unspecified atom stereocenters. The molecule has 0 N–H and O–H groups in total. The average Bonchev–Trinajstić information content (AvgIpc) is 2.38. The number of ether oxygens (including phenoxy) is 1. The van der Waals surface area contributed by atoms with E-state index in [2.05, 4.69) is 0 Å². The Morgan fingerprint density at radius 1 is 1.28 bits per heavy atom. The van der Waals surface area contributed by atoms with Crippen molar-refractivity contribution in [3.8, 4) is 22.9 Å². The van der Waals surface area contributed by atoms with E-state index < -0.39 is 5.82 Å². The van der Waals surface area contributed by atoms with Crippen molar-refractivity contribution >= 4 is 11.6 Å². The molecule has 0 spiro atoms. The number of hydrogen-bond acceptors (Lipinski definition) is 2. The van der Waals surface area contributed by atoms with Crippen LogP contribution in [0.15, 0.2) is 36.4 Å². The van der Waals surface area contributed by atoms with Gasteiger partial charge in [-0.25, -0.2) is 4.39 Å². The third kappa shape index (κ3) is 2.15. The molecule has 90 valence electrons. The van der Waals surface area contributed by atoms with Gasteiger partial charge in [-0.05, 0) is 30.3 Å². The third-order valence-electron chi connectivity index (χ3n) is 2.56. The van der Waals surface area contributed by atoms with E-state index in [9.17, 15) is 4.39 Å². The summed E-state index contributed by atoms with van der Waals surface area (Å²) in [6.45, 7) is 0. The Balaban J connectivity index is 2.68. The fraction of sp³-hybridized carbons (Fsp3) is 0.0714. The van der Waals surface area contributed by atoms with Crippen molar-refractivity contribution in [2.75, 3.05) is 7.11 Å². The van der Waals surface area contributed by atoms with E-state index in [1.807, 2.05) is 6.07 Å². The second-order valence-electron chi connectivity index (χ2n) is 3.62. The summed E-state index contributed by atoms with van der Waals surface area (Å²) >= 11 is 6.01. The van der Waals surface area contributed by atoms with Crippen LogP contribution in [0.25, 0.3) is 11.1 Å². The first-order chi connectivity index (χ1) is 8.67. The fourth-order valence-electron chi connectivity index (χ4n) is 1.72. The Labute approximate surface area is 109 Å². The van der Waals surface area contributed by atoms with Gasteiger partial charge in [-0.3, -0.25) is 0 Å². The largest absolute Gasteiger partial charge is 0.496 e. The lowest BCUT2D eigenvalue weighted by molar-refractivity contribution is 0.416. The Kier molecular flexibility index (Phi) is 3.50. The standard InChI is InChI=1S/C14H9ClFNO/c1-18-13-7-9(8-17)5-6-10(13)14-11(15)3-2-4-12(14)16/h2-7H,1H3. The number of hydrogen-bond donors (Lipinski definition) is 0. The summed E-state index contributed by atoms with van der Waals surface area (Å²) in [5.41, 5.74) is 1.25. The summed E-state index contributed by atoms with van der Waals surface area (Å²) < 4.78 is 19.0. The monoisotopic (exact) mass is 261 g/mol. The van der Waals surface area contributed by atoms with Gasteiger partial charge in [-0.2, -0.15) is 5.26 Å². The van der Waals surface area contributed by atoms with Crippen LogP contribution in [0.1, 0.15) is 5.56 Å². The first kappa shape index (κ1) is 12.4. The highest BCUT2D eigenvalue weighted by atomic mass is 35.5. The number of methoxy groups -OCH3 is 1. The molecular weight excluding hydrogens is 253 g/mol. The van der Waals surface area contributed by atoms with Gasteiger partial charge >= 0.3 is 0 Å². The maximum Gasteiger partial charge on any atom is 0.132 e. The molecule has 0 radical (unpaired) electrons. The van der Waals surface area contributed by atoms with E-state index in [0.29, 0.717) is 21.9 Å². The second-order valence-corrected chi connectivity index (χ2v) is 4.03. The Bertz CT molecular complexity index is 614. The molecule has 0 saturated heterocycles. The zero-order chi connectivity index (χ0) is 13.1. The normalized spacial score (nSPS) is 9.89. The highest BCUT2D eigenvalue weighted by Gasteiger charge is 2.14. The number of nitrogens with zero attached hydrogens (tertiary/aromatic N) is 1. The van der Waals surface area contributed by atoms with Crippen molar-refractivity contribution in [2.24, 2.45) is 0 Å². The Hall–Kier alpha value is -2.05. The first-order valence-corrected chi connectivity index (χ1v) is 5.57. The zero-order valence-electron chi connectivity index (χ0n) is 9.58. The van der Waals surface area contributed by atoms with E-state index in [1.54, 1.807) is 24.3 Å². The number of rotatable bonds is 2. The molecule has 0 saturated carbocycles. The fourth-order valence-corrected chi connectivity index (χ4v) is 1.99. The SMILES string of the molecule is COc1cc(C#N)ccc1-c1c(F)cccc1Cl. The molecule has 2 nitrogen and oxygen atoms in total. The smallest absolute Gasteiger partial charge is 0.132 e. The molecule has 0 aliphatic heterocycles. The quantitative estimate of drug-likeness (QED) is 0.818. The minimum atomic E-state index is -0.425. The first-order valence-electron chi connectivity index (χ1n) is 5.20. The van der Waals surface area contributed by atoms with Crippen LogP contribution in [0, 0.1) is 17.1 Å². The Morgan fingerprint density at radius 3 is 2.67 bits per heavy atom. The molecule has 2 aromatic rings. The molecule has 2 rings (SSSR count). The van der Waals surface area contributed by atoms with Gasteiger partial charge in [-0.1, -0.05) is 17.7 Å². The summed E-state index contributed by atoms with van der Waals surface area (Å²) in [7, 11) is 1.47. The molecule has 0 fully saturated rings. The number of halogens is 2. The van der Waals surface area contributed by atoms with Crippen molar-refractivity contribution in [3.05, 3.63) is 52.8 Å². The molecular formula is C14H9ClFNO. The van der Waals surface area contributed by atoms with Gasteiger partial charge < -0.3 is 4.74 Å². The van der Waals surface area contributed by atoms with Crippen LogP contribution >= 0.6 is 11.6 Å². The van der Waals surface area contributed by atoms with E-state index in [4.69, 9.17) is 21.6 Å². The highest BCUT2D eigenvalue weighted by Crippen LogP contribution is 2.37. The maximum atomic E-state index is 13.8. The molecule has 0 bridgehead atoms. The summed E-state index contributed by atoms with van der Waals surface area (Å²) in [6.07, 6.45) is 0. The number of nitriles is 1. The summed E-state index contributed by atoms with van der Waals surface area (Å²) in [5, 5.41) is 9.13. The van der Waals surface area contributed by atoms with Crippen LogP contribution in [-0.4, -0.2) is 7.11 Å². The third-order valence-corrected chi connectivity index (χ3v) is 2.88. The van der Waals surface area contributed by atoms with Gasteiger partial charge in [0.05, 0.1) is 23.8 Å². The molecule has 0 aromatic heterocycles. The van der Waals surface area contributed by atoms with Crippen LogP contribution in [0.2, 0.25) is 5.02 Å². The Morgan fingerprint density at radius 2 is 2.06 bits per heavy atom. The van der Waals surface area contributed by atoms with Gasteiger partial charge in [0.1, 0.15) is 11.6 Å². The van der Waals surface area contributed by atoms with Crippen LogP contribution in [0.4, 0.5) is 4.39 Å². The topological polar surface area (TPSA) is 33.0 Å².